The van der Waals surface area contributed by atoms with Gasteiger partial charge < -0.3 is 40.9 Å². The standard InChI is InChI=1S/C19H23ClN2O.C18H23ClN4O2.C17H21ClFN3O2S.C17H19ClN2O.C15H17ClF2N2O.C15H19ClN2O/c20-15-7-12-9-21-22-17(12)16(8-15)19(23)10-18(11-19)13-3-1-4-14(18)6-2-5-13;1-20-18(25)23-8-10-2-3-11(9-23)14(10)6-16(24)15-5-13(19)4-12-7-21-22-17(12)15;1-25(2,24)22-5-3-16(4-6-22)9-17(23,10-16)13-14(19)12(18)7-11-8-20-21-15(11)13;18-13-5-10-7-19-20-15(10)14(6-13)17(21)8-16(9-17,11-1-2-11)12-3-4-12;1-15(5-3-2-4-6-15)14(21)9-12(18)10(16)11(17)8-7-19-20-13(8)9;1-2-4-15(5-3-6-15)14(19)12-8-11(16)7-10-9-17-18-13(10)12/h7-9,13-14,23H,1-6,10-11H2,(H,21,22);4-5,7,10-11,14,16,24H,2-3,6,8-9H2,1H3,(H,20,25)(H,21,22);7-8,23H,1,3-6,9-10H2,2H3,(H,20,21);5-7,11-12,21H,1-4,8-9H2,(H,19,20);7,14,21H,2-6H2,1H3,(H,19,20);7-9,14,19H,2-6H2,1H3,(H,17,18). The fourth-order valence-electron chi connectivity index (χ4n) is 27.0. The minimum absolute atomic E-state index is 0.00382. The molecule has 2 aliphatic heterocycles. The summed E-state index contributed by atoms with van der Waals surface area (Å²) in [5.41, 5.74) is 5.88. The van der Waals surface area contributed by atoms with E-state index in [1.807, 2.05) is 64.7 Å². The first-order chi connectivity index (χ1) is 64.0. The summed E-state index contributed by atoms with van der Waals surface area (Å²) in [6, 6.07) is 16.6. The molecular formula is C101H122Cl6F3N15O8S. The summed E-state index contributed by atoms with van der Waals surface area (Å²) in [5, 5.41) is 117. The van der Waals surface area contributed by atoms with Crippen molar-refractivity contribution in [3.63, 3.8) is 0 Å². The molecule has 10 saturated carbocycles. The fourth-order valence-corrected chi connectivity index (χ4v) is 29.3. The normalized spacial score (nSPS) is 26.5. The first-order valence-corrected chi connectivity index (χ1v) is 52.5. The predicted molar refractivity (Wildman–Crippen MR) is 523 cm³/mol. The summed E-state index contributed by atoms with van der Waals surface area (Å²) < 4.78 is 57.1. The van der Waals surface area contributed by atoms with Gasteiger partial charge in [0.1, 0.15) is 10.8 Å². The van der Waals surface area contributed by atoms with Gasteiger partial charge in [-0.3, -0.25) is 34.8 Å². The second-order valence-corrected chi connectivity index (χ2v) is 47.4. The summed E-state index contributed by atoms with van der Waals surface area (Å²) in [4.78, 5) is 13.8. The van der Waals surface area contributed by atoms with Crippen LogP contribution in [0.15, 0.2) is 91.8 Å². The molecule has 2 amide bonds. The average Bonchev–Trinajstić information content (AvgIpc) is 1.53. The van der Waals surface area contributed by atoms with Gasteiger partial charge in [-0.1, -0.05) is 128 Å². The van der Waals surface area contributed by atoms with Gasteiger partial charge in [-0.05, 0) is 278 Å². The van der Waals surface area contributed by atoms with E-state index in [4.69, 9.17) is 69.6 Å². The number of nitrogens with one attached hydrogen (secondary N) is 7. The molecule has 24 rings (SSSR count). The second-order valence-electron chi connectivity index (χ2n) is 42.4. The number of hydrogen-bond donors (Lipinski definition) is 13. The van der Waals surface area contributed by atoms with Crippen LogP contribution in [0.5, 0.6) is 0 Å². The van der Waals surface area contributed by atoms with Gasteiger partial charge in [-0.2, -0.15) is 30.6 Å². The third-order valence-corrected chi connectivity index (χ3v) is 37.0. The lowest BCUT2D eigenvalue weighted by Crippen LogP contribution is -2.59. The fraction of sp³-hybridized carbons (Fsp3) is 0.564. The van der Waals surface area contributed by atoms with Crippen LogP contribution >= 0.6 is 69.6 Å². The minimum Gasteiger partial charge on any atom is -0.388 e. The Morgan fingerprint density at radius 3 is 1.43 bits per heavy atom. The lowest BCUT2D eigenvalue weighted by atomic mass is 9.41. The van der Waals surface area contributed by atoms with E-state index in [9.17, 15) is 52.8 Å². The van der Waals surface area contributed by atoms with E-state index in [2.05, 4.69) is 79.3 Å². The Hall–Kier alpha value is -7.32. The number of urea groups is 1. The van der Waals surface area contributed by atoms with Crippen molar-refractivity contribution in [2.45, 2.75) is 248 Å². The van der Waals surface area contributed by atoms with E-state index in [1.165, 1.54) is 82.9 Å². The molecule has 6 atom stereocenters. The molecule has 4 bridgehead atoms. The first kappa shape index (κ1) is 95.6. The van der Waals surface area contributed by atoms with Gasteiger partial charge in [-0.15, -0.1) is 0 Å². The number of piperidine rings is 2. The monoisotopic (exact) mass is 1970 g/mol. The number of nitrogens with zero attached hydrogens (tertiary/aromatic N) is 8. The Balaban J connectivity index is 0.000000104. The van der Waals surface area contributed by atoms with Crippen LogP contribution in [0, 0.1) is 86.0 Å². The molecule has 12 fully saturated rings. The van der Waals surface area contributed by atoms with Gasteiger partial charge in [0.05, 0.1) is 116 Å². The van der Waals surface area contributed by atoms with Crippen LogP contribution in [-0.4, -0.2) is 157 Å². The maximum atomic E-state index is 14.7. The smallest absolute Gasteiger partial charge is 0.317 e. The Kier molecular flexibility index (Phi) is 26.4. The molecule has 718 valence electrons. The van der Waals surface area contributed by atoms with E-state index in [-0.39, 0.29) is 43.9 Å². The quantitative estimate of drug-likeness (QED) is 0.0335. The molecule has 2 saturated heterocycles. The zero-order valence-corrected chi connectivity index (χ0v) is 81.6. The van der Waals surface area contributed by atoms with Gasteiger partial charge in [0.25, 0.3) is 0 Å². The van der Waals surface area contributed by atoms with Gasteiger partial charge in [0.15, 0.2) is 11.6 Å². The van der Waals surface area contributed by atoms with Crippen molar-refractivity contribution < 1.29 is 52.8 Å². The number of aromatic nitrogens is 12. The molecule has 13 N–H and O–H groups in total. The molecule has 0 radical (unpaired) electrons. The molecular weight excluding hydrogens is 1850 g/mol. The van der Waals surface area contributed by atoms with Gasteiger partial charge in [-0.25, -0.2) is 22.3 Å². The number of hydrogen-bond acceptors (Lipinski definition) is 14. The first-order valence-electron chi connectivity index (χ1n) is 48.1. The van der Waals surface area contributed by atoms with E-state index in [0.29, 0.717) is 91.9 Å². The van der Waals surface area contributed by atoms with Crippen LogP contribution in [0.25, 0.3) is 65.4 Å². The van der Waals surface area contributed by atoms with Crippen LogP contribution in [0.1, 0.15) is 265 Å². The van der Waals surface area contributed by atoms with Crippen molar-refractivity contribution in [3.05, 3.63) is 173 Å². The zero-order chi connectivity index (χ0) is 94.1. The van der Waals surface area contributed by atoms with Crippen LogP contribution in [-0.2, 0) is 26.5 Å². The number of halogens is 9. The van der Waals surface area contributed by atoms with Crippen molar-refractivity contribution in [3.8, 4) is 0 Å². The summed E-state index contributed by atoms with van der Waals surface area (Å²) in [5.74, 6) is 6.15. The Morgan fingerprint density at radius 1 is 0.515 bits per heavy atom. The Labute approximate surface area is 808 Å². The van der Waals surface area contributed by atoms with E-state index < -0.39 is 72.7 Å². The Bertz CT molecular complexity index is 6420. The number of benzene rings is 6. The maximum Gasteiger partial charge on any atom is 0.317 e. The number of carbonyl (C=O) groups is 1. The Morgan fingerprint density at radius 2 is 0.955 bits per heavy atom. The van der Waals surface area contributed by atoms with Crippen LogP contribution in [0.4, 0.5) is 18.0 Å². The van der Waals surface area contributed by atoms with Crippen LogP contribution in [0.3, 0.4) is 0 Å². The molecule has 134 heavy (non-hydrogen) atoms. The minimum atomic E-state index is -2.19. The maximum absolute atomic E-state index is 14.7. The lowest BCUT2D eigenvalue weighted by Gasteiger charge is -2.65. The zero-order valence-electron chi connectivity index (χ0n) is 76.3. The third-order valence-electron chi connectivity index (χ3n) is 34.0. The van der Waals surface area contributed by atoms with Gasteiger partial charge in [0.2, 0.25) is 0 Å². The number of H-pyrrole nitrogens is 6. The van der Waals surface area contributed by atoms with Crippen molar-refractivity contribution in [1.29, 1.82) is 0 Å². The average molecular weight is 1980 g/mol. The highest BCUT2D eigenvalue weighted by Gasteiger charge is 2.67. The second kappa shape index (κ2) is 37.0. The third kappa shape index (κ3) is 17.8. The highest BCUT2D eigenvalue weighted by atomic mass is 35.5. The summed E-state index contributed by atoms with van der Waals surface area (Å²) >= 11 is 36.6. The molecule has 2 spiro atoms. The van der Waals surface area contributed by atoms with E-state index in [0.717, 1.165) is 212 Å². The molecule has 23 nitrogen and oxygen atoms in total. The molecule has 6 unspecified atom stereocenters. The number of fused-ring (bicyclic) bond motifs is 8. The van der Waals surface area contributed by atoms with Crippen molar-refractivity contribution in [1.82, 2.24) is 75.7 Å². The SMILES string of the molecule is C=S(C)(=O)N1CCC2(CC1)CC(O)(c1c(F)c(Cl)cc3cn[nH]c13)C2.CC1(C(O)c2c(F)c(Cl)c(F)c3cn[nH]c23)CCCCC1.CCCC1(C(O)c2cc(Cl)cc3cn[nH]c23)CCC1.CNC(=O)N1CC2CCC(C1)C2CC(O)c1cc(Cl)cc2cn[nH]c12.OC1(c2cc(Cl)cc3cn[nH]c23)CC(C2CC2)(C2CC2)C1.OC1(c2cc(Cl)cc3cn[nH]c23)CC2(C1)C1CCCC2CCC1. The number of rotatable bonds is 15. The molecule has 6 aromatic heterocycles. The number of aliphatic hydroxyl groups is 6. The summed E-state index contributed by atoms with van der Waals surface area (Å²) in [7, 11) is -0.519. The van der Waals surface area contributed by atoms with Crippen molar-refractivity contribution in [2.24, 2.45) is 68.5 Å². The molecule has 33 heteroatoms. The number of carbonyl (C=O) groups excluding carboxylic acids is 1. The van der Waals surface area contributed by atoms with Crippen molar-refractivity contribution >= 4 is 157 Å². The van der Waals surface area contributed by atoms with Crippen LogP contribution < -0.4 is 5.32 Å². The van der Waals surface area contributed by atoms with E-state index in [1.54, 1.807) is 44.3 Å². The number of aromatic amines is 6. The molecule has 10 aliphatic carbocycles. The molecule has 8 heterocycles. The highest BCUT2D eigenvalue weighted by Crippen LogP contribution is 2.73. The highest BCUT2D eigenvalue weighted by molar-refractivity contribution is 7.97. The number of likely N-dealkylation sites (tertiary alicyclic amines) is 1. The predicted octanol–water partition coefficient (Wildman–Crippen LogP) is 23.1. The summed E-state index contributed by atoms with van der Waals surface area (Å²) in [6.07, 6.45) is 42.6. The number of aliphatic hydroxyl groups excluding tert-OH is 3. The molecule has 6 aromatic carbocycles. The van der Waals surface area contributed by atoms with Gasteiger partial charge >= 0.3 is 6.03 Å². The lowest BCUT2D eigenvalue weighted by molar-refractivity contribution is -0.211. The number of amides is 2. The molecule has 12 aromatic rings. The topological polar surface area (TPSA) is 346 Å². The largest absolute Gasteiger partial charge is 0.388 e. The summed E-state index contributed by atoms with van der Waals surface area (Å²) in [6.45, 7) is 7.05. The molecule has 12 aliphatic rings. The van der Waals surface area contributed by atoms with Crippen molar-refractivity contribution in [2.75, 3.05) is 39.5 Å². The van der Waals surface area contributed by atoms with Gasteiger partial charge in [0, 0.05) is 135 Å². The van der Waals surface area contributed by atoms with E-state index >= 15 is 0 Å². The van der Waals surface area contributed by atoms with Crippen LogP contribution in [0.2, 0.25) is 30.1 Å².